The molecule has 0 aliphatic carbocycles. The van der Waals surface area contributed by atoms with Gasteiger partial charge in [-0.15, -0.1) is 0 Å². The number of benzene rings is 2. The molecule has 2 amide bonds. The van der Waals surface area contributed by atoms with Gasteiger partial charge in [-0.05, 0) is 61.0 Å². The first kappa shape index (κ1) is 19.5. The molecule has 3 aromatic rings. The molecule has 2 aromatic carbocycles. The lowest BCUT2D eigenvalue weighted by atomic mass is 10.1. The van der Waals surface area contributed by atoms with Gasteiger partial charge < -0.3 is 19.8 Å². The van der Waals surface area contributed by atoms with Crippen molar-refractivity contribution < 1.29 is 18.7 Å². The van der Waals surface area contributed by atoms with Crippen molar-refractivity contribution in [2.75, 3.05) is 11.9 Å². The largest absolute Gasteiger partial charge is 0.484 e. The number of nitrogens with one attached hydrogen (secondary N) is 2. The maximum Gasteiger partial charge on any atom is 0.291 e. The Hall–Kier alpha value is -3.25. The van der Waals surface area contributed by atoms with Gasteiger partial charge in [0.1, 0.15) is 5.75 Å². The third-order valence-electron chi connectivity index (χ3n) is 3.97. The Morgan fingerprint density at radius 1 is 1.07 bits per heavy atom. The predicted molar refractivity (Wildman–Crippen MR) is 107 cm³/mol. The molecule has 7 heteroatoms. The number of anilines is 1. The van der Waals surface area contributed by atoms with Crippen LogP contribution in [0.4, 0.5) is 5.69 Å². The minimum atomic E-state index is -0.339. The lowest BCUT2D eigenvalue weighted by molar-refractivity contribution is -0.123. The lowest BCUT2D eigenvalue weighted by Crippen LogP contribution is -2.31. The van der Waals surface area contributed by atoms with Crippen LogP contribution in [0.25, 0.3) is 0 Å². The zero-order chi connectivity index (χ0) is 19.9. The Bertz CT molecular complexity index is 922. The van der Waals surface area contributed by atoms with Crippen molar-refractivity contribution in [2.45, 2.75) is 13.0 Å². The van der Waals surface area contributed by atoms with Gasteiger partial charge in [0.25, 0.3) is 11.8 Å². The number of amides is 2. The highest BCUT2D eigenvalue weighted by atomic mass is 35.5. The van der Waals surface area contributed by atoms with Gasteiger partial charge in [0, 0.05) is 10.7 Å². The fraction of sp³-hybridized carbons (Fsp3) is 0.143. The summed E-state index contributed by atoms with van der Waals surface area (Å²) in [5.74, 6) is 0.170. The Morgan fingerprint density at radius 2 is 1.79 bits per heavy atom. The minimum absolute atomic E-state index is 0.115. The number of hydrogen-bond acceptors (Lipinski definition) is 4. The van der Waals surface area contributed by atoms with E-state index in [0.29, 0.717) is 16.5 Å². The molecule has 0 radical (unpaired) electrons. The van der Waals surface area contributed by atoms with Crippen molar-refractivity contribution in [3.63, 3.8) is 0 Å². The molecular formula is C21H19ClN2O4. The molecule has 0 aliphatic heterocycles. The Kier molecular flexibility index (Phi) is 6.34. The average molecular weight is 399 g/mol. The zero-order valence-electron chi connectivity index (χ0n) is 15.1. The third-order valence-corrected chi connectivity index (χ3v) is 4.23. The fourth-order valence-electron chi connectivity index (χ4n) is 2.50. The summed E-state index contributed by atoms with van der Waals surface area (Å²) in [5, 5.41) is 6.22. The Labute approximate surface area is 167 Å². The fourth-order valence-corrected chi connectivity index (χ4v) is 2.63. The summed E-state index contributed by atoms with van der Waals surface area (Å²) >= 11 is 5.87. The molecule has 144 valence electrons. The van der Waals surface area contributed by atoms with E-state index in [1.165, 1.54) is 6.26 Å². The summed E-state index contributed by atoms with van der Waals surface area (Å²) in [7, 11) is 0. The normalized spacial score (nSPS) is 11.5. The van der Waals surface area contributed by atoms with Crippen molar-refractivity contribution in [2.24, 2.45) is 0 Å². The van der Waals surface area contributed by atoms with E-state index in [2.05, 4.69) is 10.6 Å². The van der Waals surface area contributed by atoms with E-state index >= 15 is 0 Å². The van der Waals surface area contributed by atoms with Crippen LogP contribution in [-0.2, 0) is 4.79 Å². The standard InChI is InChI=1S/C21H19ClN2O4/c1-14(15-4-6-16(22)7-5-15)23-20(25)13-28-18-10-8-17(9-11-18)24-21(26)19-3-2-12-27-19/h2-12,14H,13H2,1H3,(H,23,25)(H,24,26). The highest BCUT2D eigenvalue weighted by Crippen LogP contribution is 2.18. The zero-order valence-corrected chi connectivity index (χ0v) is 15.9. The van der Waals surface area contributed by atoms with E-state index in [4.69, 9.17) is 20.8 Å². The van der Waals surface area contributed by atoms with Crippen LogP contribution in [0.1, 0.15) is 29.1 Å². The molecule has 0 aliphatic rings. The number of carbonyl (C=O) groups is 2. The van der Waals surface area contributed by atoms with E-state index in [9.17, 15) is 9.59 Å². The average Bonchev–Trinajstić information content (AvgIpc) is 3.23. The number of carbonyl (C=O) groups excluding carboxylic acids is 2. The summed E-state index contributed by atoms with van der Waals surface area (Å²) < 4.78 is 10.5. The number of halogens is 1. The van der Waals surface area contributed by atoms with Crippen LogP contribution in [0.5, 0.6) is 5.75 Å². The second-order valence-corrected chi connectivity index (χ2v) is 6.52. The molecule has 28 heavy (non-hydrogen) atoms. The van der Waals surface area contributed by atoms with E-state index in [1.807, 2.05) is 19.1 Å². The van der Waals surface area contributed by atoms with Gasteiger partial charge in [-0.2, -0.15) is 0 Å². The summed E-state index contributed by atoms with van der Waals surface area (Å²) in [6.07, 6.45) is 1.44. The van der Waals surface area contributed by atoms with Crippen LogP contribution in [0.2, 0.25) is 5.02 Å². The molecular weight excluding hydrogens is 380 g/mol. The highest BCUT2D eigenvalue weighted by Gasteiger charge is 2.11. The minimum Gasteiger partial charge on any atom is -0.484 e. The lowest BCUT2D eigenvalue weighted by Gasteiger charge is -2.15. The van der Waals surface area contributed by atoms with E-state index in [1.54, 1.807) is 48.5 Å². The highest BCUT2D eigenvalue weighted by molar-refractivity contribution is 6.30. The second-order valence-electron chi connectivity index (χ2n) is 6.09. The van der Waals surface area contributed by atoms with Crippen LogP contribution >= 0.6 is 11.6 Å². The van der Waals surface area contributed by atoms with Crippen molar-refractivity contribution in [1.29, 1.82) is 0 Å². The number of hydrogen-bond donors (Lipinski definition) is 2. The molecule has 0 spiro atoms. The number of rotatable bonds is 7. The first-order chi connectivity index (χ1) is 13.5. The molecule has 0 bridgehead atoms. The summed E-state index contributed by atoms with van der Waals surface area (Å²) in [5.41, 5.74) is 1.55. The maximum atomic E-state index is 12.1. The van der Waals surface area contributed by atoms with Gasteiger partial charge in [0.2, 0.25) is 0 Å². The van der Waals surface area contributed by atoms with E-state index in [0.717, 1.165) is 5.56 Å². The smallest absolute Gasteiger partial charge is 0.291 e. The molecule has 3 rings (SSSR count). The van der Waals surface area contributed by atoms with Crippen LogP contribution in [0, 0.1) is 0 Å². The summed E-state index contributed by atoms with van der Waals surface area (Å²) in [4.78, 5) is 24.0. The van der Waals surface area contributed by atoms with Gasteiger partial charge >= 0.3 is 0 Å². The third kappa shape index (κ3) is 5.37. The summed E-state index contributed by atoms with van der Waals surface area (Å²) in [6, 6.07) is 17.1. The van der Waals surface area contributed by atoms with Gasteiger partial charge in [-0.25, -0.2) is 0 Å². The van der Waals surface area contributed by atoms with Crippen LogP contribution in [-0.4, -0.2) is 18.4 Å². The van der Waals surface area contributed by atoms with Gasteiger partial charge in [-0.3, -0.25) is 9.59 Å². The van der Waals surface area contributed by atoms with Gasteiger partial charge in [0.15, 0.2) is 12.4 Å². The molecule has 1 unspecified atom stereocenters. The Morgan fingerprint density at radius 3 is 2.43 bits per heavy atom. The Balaban J connectivity index is 1.47. The van der Waals surface area contributed by atoms with E-state index in [-0.39, 0.29) is 30.2 Å². The van der Waals surface area contributed by atoms with Crippen molar-refractivity contribution in [3.8, 4) is 5.75 Å². The first-order valence-corrected chi connectivity index (χ1v) is 9.01. The van der Waals surface area contributed by atoms with Crippen LogP contribution < -0.4 is 15.4 Å². The molecule has 2 N–H and O–H groups in total. The second kappa shape index (κ2) is 9.10. The van der Waals surface area contributed by atoms with E-state index < -0.39 is 0 Å². The predicted octanol–water partition coefficient (Wildman–Crippen LogP) is 4.44. The van der Waals surface area contributed by atoms with Gasteiger partial charge in [-0.1, -0.05) is 23.7 Å². The number of furan rings is 1. The first-order valence-electron chi connectivity index (χ1n) is 8.64. The molecule has 6 nitrogen and oxygen atoms in total. The topological polar surface area (TPSA) is 80.6 Å². The summed E-state index contributed by atoms with van der Waals surface area (Å²) in [6.45, 7) is 1.77. The van der Waals surface area contributed by atoms with Crippen molar-refractivity contribution in [3.05, 3.63) is 83.3 Å². The molecule has 1 atom stereocenters. The van der Waals surface area contributed by atoms with Gasteiger partial charge in [0.05, 0.1) is 12.3 Å². The molecule has 1 heterocycles. The monoisotopic (exact) mass is 398 g/mol. The molecule has 0 fully saturated rings. The van der Waals surface area contributed by atoms with Crippen LogP contribution in [0.15, 0.2) is 71.3 Å². The molecule has 1 aromatic heterocycles. The van der Waals surface area contributed by atoms with Crippen LogP contribution in [0.3, 0.4) is 0 Å². The quantitative estimate of drug-likeness (QED) is 0.616. The van der Waals surface area contributed by atoms with Crippen molar-refractivity contribution >= 4 is 29.1 Å². The number of ether oxygens (including phenoxy) is 1. The van der Waals surface area contributed by atoms with Crippen molar-refractivity contribution in [1.82, 2.24) is 5.32 Å². The molecule has 0 saturated heterocycles. The molecule has 0 saturated carbocycles. The SMILES string of the molecule is CC(NC(=O)COc1ccc(NC(=O)c2ccco2)cc1)c1ccc(Cl)cc1. The maximum absolute atomic E-state index is 12.1.